The maximum Gasteiger partial charge on any atom is 0.254 e. The SMILES string of the molecule is O=c1[nH]c(-c2cccnc2)nc2c1CCC21CCCN(Cc2nccs2)C1. The molecule has 5 rings (SSSR count). The highest BCUT2D eigenvalue weighted by atomic mass is 32.1. The standard InChI is InChI=1S/C20H21N5OS/c26-19-15-4-6-20(5-2-9-25(13-20)12-16-22-8-10-27-16)17(15)23-18(24-19)14-3-1-7-21-11-14/h1,3,7-8,10-11H,2,4-6,9,12-13H2,(H,23,24,26). The molecule has 0 amide bonds. The van der Waals surface area contributed by atoms with Gasteiger partial charge in [0, 0.05) is 47.1 Å². The summed E-state index contributed by atoms with van der Waals surface area (Å²) >= 11 is 1.70. The van der Waals surface area contributed by atoms with E-state index in [0.29, 0.717) is 5.82 Å². The topological polar surface area (TPSA) is 74.8 Å². The number of thiazole rings is 1. The number of H-pyrrole nitrogens is 1. The predicted octanol–water partition coefficient (Wildman–Crippen LogP) is 2.77. The van der Waals surface area contributed by atoms with E-state index in [-0.39, 0.29) is 11.0 Å². The summed E-state index contributed by atoms with van der Waals surface area (Å²) in [6.07, 6.45) is 9.39. The van der Waals surface area contributed by atoms with E-state index in [1.165, 1.54) is 0 Å². The second-order valence-electron chi connectivity index (χ2n) is 7.50. The lowest BCUT2D eigenvalue weighted by molar-refractivity contribution is 0.136. The molecular formula is C20H21N5OS. The fourth-order valence-corrected chi connectivity index (χ4v) is 5.23. The van der Waals surface area contributed by atoms with Gasteiger partial charge in [-0.25, -0.2) is 9.97 Å². The van der Waals surface area contributed by atoms with Gasteiger partial charge in [0.25, 0.3) is 5.56 Å². The molecule has 1 aliphatic heterocycles. The first-order valence-electron chi connectivity index (χ1n) is 9.38. The van der Waals surface area contributed by atoms with Gasteiger partial charge < -0.3 is 4.98 Å². The molecule has 0 saturated carbocycles. The molecule has 1 saturated heterocycles. The number of fused-ring (bicyclic) bond motifs is 2. The van der Waals surface area contributed by atoms with Crippen LogP contribution in [-0.4, -0.2) is 37.9 Å². The van der Waals surface area contributed by atoms with E-state index < -0.39 is 0 Å². The van der Waals surface area contributed by atoms with Gasteiger partial charge in [0.15, 0.2) is 0 Å². The lowest BCUT2D eigenvalue weighted by Gasteiger charge is -2.40. The molecule has 3 aromatic heterocycles. The molecule has 1 spiro atoms. The zero-order valence-electron chi connectivity index (χ0n) is 15.0. The maximum atomic E-state index is 12.7. The van der Waals surface area contributed by atoms with Gasteiger partial charge in [-0.3, -0.25) is 14.7 Å². The fourth-order valence-electron chi connectivity index (χ4n) is 4.57. The Morgan fingerprint density at radius 2 is 2.26 bits per heavy atom. The normalized spacial score (nSPS) is 22.2. The Balaban J connectivity index is 1.51. The summed E-state index contributed by atoms with van der Waals surface area (Å²) in [7, 11) is 0. The number of hydrogen-bond acceptors (Lipinski definition) is 6. The first-order chi connectivity index (χ1) is 13.2. The van der Waals surface area contributed by atoms with Crippen molar-refractivity contribution < 1.29 is 0 Å². The van der Waals surface area contributed by atoms with Crippen molar-refractivity contribution in [2.24, 2.45) is 0 Å². The minimum absolute atomic E-state index is 0.00720. The van der Waals surface area contributed by atoms with Crippen molar-refractivity contribution in [1.29, 1.82) is 0 Å². The van der Waals surface area contributed by atoms with Gasteiger partial charge >= 0.3 is 0 Å². The minimum atomic E-state index is -0.0178. The van der Waals surface area contributed by atoms with Crippen LogP contribution in [0.3, 0.4) is 0 Å². The third-order valence-electron chi connectivity index (χ3n) is 5.80. The summed E-state index contributed by atoms with van der Waals surface area (Å²) in [5.74, 6) is 0.630. The second kappa shape index (κ2) is 6.65. The van der Waals surface area contributed by atoms with E-state index in [2.05, 4.69) is 19.9 Å². The Bertz CT molecular complexity index is 1000. The molecule has 4 heterocycles. The fraction of sp³-hybridized carbons (Fsp3) is 0.400. The highest BCUT2D eigenvalue weighted by molar-refractivity contribution is 7.09. The summed E-state index contributed by atoms with van der Waals surface area (Å²) in [6, 6.07) is 3.81. The third kappa shape index (κ3) is 3.00. The molecule has 27 heavy (non-hydrogen) atoms. The predicted molar refractivity (Wildman–Crippen MR) is 105 cm³/mol. The van der Waals surface area contributed by atoms with Crippen LogP contribution in [0.4, 0.5) is 0 Å². The van der Waals surface area contributed by atoms with Crippen LogP contribution < -0.4 is 5.56 Å². The Kier molecular flexibility index (Phi) is 4.13. The van der Waals surface area contributed by atoms with Crippen LogP contribution in [0.1, 0.15) is 35.5 Å². The number of pyridine rings is 1. The average molecular weight is 379 g/mol. The Morgan fingerprint density at radius 1 is 1.30 bits per heavy atom. The van der Waals surface area contributed by atoms with Gasteiger partial charge in [-0.15, -0.1) is 11.3 Å². The van der Waals surface area contributed by atoms with Crippen molar-refractivity contribution in [3.63, 3.8) is 0 Å². The first kappa shape index (κ1) is 16.8. The van der Waals surface area contributed by atoms with Crippen molar-refractivity contribution in [1.82, 2.24) is 24.8 Å². The van der Waals surface area contributed by atoms with Crippen LogP contribution in [0.2, 0.25) is 0 Å². The van der Waals surface area contributed by atoms with Crippen LogP contribution in [0, 0.1) is 0 Å². The van der Waals surface area contributed by atoms with Crippen molar-refractivity contribution in [3.05, 3.63) is 62.7 Å². The van der Waals surface area contributed by atoms with Crippen LogP contribution >= 0.6 is 11.3 Å². The number of hydrogen-bond donors (Lipinski definition) is 1. The van der Waals surface area contributed by atoms with E-state index in [9.17, 15) is 4.79 Å². The van der Waals surface area contributed by atoms with E-state index in [0.717, 1.165) is 67.1 Å². The van der Waals surface area contributed by atoms with Crippen LogP contribution in [0.25, 0.3) is 11.4 Å². The summed E-state index contributed by atoms with van der Waals surface area (Å²) < 4.78 is 0. The zero-order valence-corrected chi connectivity index (χ0v) is 15.8. The number of rotatable bonds is 3. The van der Waals surface area contributed by atoms with E-state index in [4.69, 9.17) is 4.98 Å². The molecule has 0 aromatic carbocycles. The molecule has 2 aliphatic rings. The van der Waals surface area contributed by atoms with Crippen LogP contribution in [0.15, 0.2) is 40.9 Å². The molecule has 0 radical (unpaired) electrons. The average Bonchev–Trinajstić information content (AvgIpc) is 3.32. The molecule has 7 heteroatoms. The van der Waals surface area contributed by atoms with Gasteiger partial charge in [0.1, 0.15) is 10.8 Å². The lowest BCUT2D eigenvalue weighted by Crippen LogP contribution is -2.45. The highest BCUT2D eigenvalue weighted by Crippen LogP contribution is 2.43. The molecule has 0 bridgehead atoms. The van der Waals surface area contributed by atoms with Gasteiger partial charge in [-0.2, -0.15) is 0 Å². The van der Waals surface area contributed by atoms with Gasteiger partial charge in [0.2, 0.25) is 0 Å². The minimum Gasteiger partial charge on any atom is -0.306 e. The quantitative estimate of drug-likeness (QED) is 0.757. The van der Waals surface area contributed by atoms with Crippen molar-refractivity contribution in [2.45, 2.75) is 37.6 Å². The summed E-state index contributed by atoms with van der Waals surface area (Å²) in [6.45, 7) is 2.91. The largest absolute Gasteiger partial charge is 0.306 e. The van der Waals surface area contributed by atoms with Crippen molar-refractivity contribution >= 4 is 11.3 Å². The first-order valence-corrected chi connectivity index (χ1v) is 10.3. The molecule has 1 atom stereocenters. The maximum absolute atomic E-state index is 12.7. The molecule has 1 aliphatic carbocycles. The smallest absolute Gasteiger partial charge is 0.254 e. The Morgan fingerprint density at radius 3 is 3.07 bits per heavy atom. The zero-order chi connectivity index (χ0) is 18.3. The van der Waals surface area contributed by atoms with Crippen LogP contribution in [-0.2, 0) is 18.4 Å². The molecule has 1 N–H and O–H groups in total. The number of nitrogens with one attached hydrogen (secondary N) is 1. The number of likely N-dealkylation sites (tertiary alicyclic amines) is 1. The summed E-state index contributed by atoms with van der Waals surface area (Å²) in [4.78, 5) is 31.7. The third-order valence-corrected chi connectivity index (χ3v) is 6.57. The van der Waals surface area contributed by atoms with Crippen LogP contribution in [0.5, 0.6) is 0 Å². The van der Waals surface area contributed by atoms with Crippen molar-refractivity contribution in [3.8, 4) is 11.4 Å². The molecular weight excluding hydrogens is 358 g/mol. The number of piperidine rings is 1. The molecule has 1 unspecified atom stereocenters. The lowest BCUT2D eigenvalue weighted by atomic mass is 9.77. The summed E-state index contributed by atoms with van der Waals surface area (Å²) in [5.41, 5.74) is 2.73. The Labute approximate surface area is 161 Å². The Hall–Kier alpha value is -2.38. The van der Waals surface area contributed by atoms with Crippen molar-refractivity contribution in [2.75, 3.05) is 13.1 Å². The number of aromatic amines is 1. The molecule has 6 nitrogen and oxygen atoms in total. The van der Waals surface area contributed by atoms with Gasteiger partial charge in [-0.1, -0.05) is 0 Å². The van der Waals surface area contributed by atoms with E-state index in [1.54, 1.807) is 23.7 Å². The summed E-state index contributed by atoms with van der Waals surface area (Å²) in [5, 5.41) is 3.18. The van der Waals surface area contributed by atoms with Gasteiger partial charge in [-0.05, 0) is 44.4 Å². The monoisotopic (exact) mass is 379 g/mol. The van der Waals surface area contributed by atoms with Gasteiger partial charge in [0.05, 0.1) is 12.2 Å². The molecule has 138 valence electrons. The molecule has 1 fully saturated rings. The van der Waals surface area contributed by atoms with E-state index >= 15 is 0 Å². The highest BCUT2D eigenvalue weighted by Gasteiger charge is 2.44. The van der Waals surface area contributed by atoms with E-state index in [1.807, 2.05) is 23.7 Å². The number of aromatic nitrogens is 4. The molecule has 3 aromatic rings. The number of nitrogens with zero attached hydrogens (tertiary/aromatic N) is 4. The second-order valence-corrected chi connectivity index (χ2v) is 8.48.